The average molecular weight is 283 g/mol. The summed E-state index contributed by atoms with van der Waals surface area (Å²) in [4.78, 5) is 22.8. The van der Waals surface area contributed by atoms with Crippen LogP contribution >= 0.6 is 11.8 Å². The summed E-state index contributed by atoms with van der Waals surface area (Å²) in [5, 5.41) is 11.7. The van der Waals surface area contributed by atoms with E-state index in [0.29, 0.717) is 17.9 Å². The second-order valence-electron chi connectivity index (χ2n) is 3.86. The predicted molar refractivity (Wildman–Crippen MR) is 75.3 cm³/mol. The summed E-state index contributed by atoms with van der Waals surface area (Å²) in [6, 6.07) is 4.25. The molecule has 0 aromatic heterocycles. The summed E-state index contributed by atoms with van der Waals surface area (Å²) >= 11 is 1.71. The number of aromatic carboxylic acids is 1. The van der Waals surface area contributed by atoms with Crippen molar-refractivity contribution >= 4 is 23.6 Å². The van der Waals surface area contributed by atoms with Gasteiger partial charge in [-0.25, -0.2) is 4.79 Å². The molecule has 104 valence electrons. The smallest absolute Gasteiger partial charge is 0.335 e. The van der Waals surface area contributed by atoms with E-state index >= 15 is 0 Å². The molecular weight excluding hydrogens is 266 g/mol. The fraction of sp³-hybridized carbons (Fsp3) is 0.385. The minimum atomic E-state index is -1.09. The van der Waals surface area contributed by atoms with Crippen LogP contribution in [0.25, 0.3) is 0 Å². The maximum atomic E-state index is 11.9. The Hall–Kier alpha value is -1.69. The minimum Gasteiger partial charge on any atom is -0.497 e. The number of benzene rings is 1. The van der Waals surface area contributed by atoms with Gasteiger partial charge in [0.05, 0.1) is 12.7 Å². The van der Waals surface area contributed by atoms with Gasteiger partial charge >= 0.3 is 5.97 Å². The number of ether oxygens (including phenoxy) is 1. The van der Waals surface area contributed by atoms with E-state index in [1.54, 1.807) is 11.8 Å². The monoisotopic (exact) mass is 283 g/mol. The van der Waals surface area contributed by atoms with E-state index in [1.807, 2.05) is 6.26 Å². The van der Waals surface area contributed by atoms with Crippen LogP contribution < -0.4 is 10.1 Å². The van der Waals surface area contributed by atoms with Crippen LogP contribution in [0.3, 0.4) is 0 Å². The van der Waals surface area contributed by atoms with Crippen molar-refractivity contribution in [2.75, 3.05) is 25.7 Å². The summed E-state index contributed by atoms with van der Waals surface area (Å²) in [6.07, 6.45) is 2.88. The molecule has 0 spiro atoms. The average Bonchev–Trinajstić information content (AvgIpc) is 2.42. The highest BCUT2D eigenvalue weighted by atomic mass is 32.2. The number of amides is 1. The number of methoxy groups -OCH3 is 1. The number of carbonyl (C=O) groups excluding carboxylic acids is 1. The van der Waals surface area contributed by atoms with Crippen molar-refractivity contribution in [3.63, 3.8) is 0 Å². The predicted octanol–water partition coefficient (Wildman–Crippen LogP) is 1.88. The molecule has 2 N–H and O–H groups in total. The van der Waals surface area contributed by atoms with E-state index in [-0.39, 0.29) is 11.5 Å². The van der Waals surface area contributed by atoms with Crippen molar-refractivity contribution in [1.29, 1.82) is 0 Å². The Morgan fingerprint density at radius 3 is 2.58 bits per heavy atom. The Morgan fingerprint density at radius 1 is 1.32 bits per heavy atom. The fourth-order valence-electron chi connectivity index (χ4n) is 1.49. The summed E-state index contributed by atoms with van der Waals surface area (Å²) in [6.45, 7) is 0.569. The number of thioether (sulfide) groups is 1. The second-order valence-corrected chi connectivity index (χ2v) is 4.84. The lowest BCUT2D eigenvalue weighted by atomic mass is 10.1. The lowest BCUT2D eigenvalue weighted by Crippen LogP contribution is -2.25. The standard InChI is InChI=1S/C13H17NO4S/c1-18-11-7-9(6-10(8-11)13(16)17)12(15)14-4-3-5-19-2/h6-8H,3-5H2,1-2H3,(H,14,15)(H,16,17). The highest BCUT2D eigenvalue weighted by Gasteiger charge is 2.12. The molecule has 0 saturated carbocycles. The number of nitrogens with one attached hydrogen (secondary N) is 1. The van der Waals surface area contributed by atoms with Gasteiger partial charge in [0.1, 0.15) is 5.75 Å². The molecule has 1 amide bonds. The van der Waals surface area contributed by atoms with Crippen LogP contribution in [-0.4, -0.2) is 42.6 Å². The van der Waals surface area contributed by atoms with Crippen molar-refractivity contribution < 1.29 is 19.4 Å². The van der Waals surface area contributed by atoms with Crippen molar-refractivity contribution in [1.82, 2.24) is 5.32 Å². The van der Waals surface area contributed by atoms with E-state index < -0.39 is 5.97 Å². The maximum absolute atomic E-state index is 11.9. The van der Waals surface area contributed by atoms with Crippen molar-refractivity contribution in [3.8, 4) is 5.75 Å². The van der Waals surface area contributed by atoms with Crippen LogP contribution in [0.4, 0.5) is 0 Å². The Balaban J connectivity index is 2.78. The highest BCUT2D eigenvalue weighted by molar-refractivity contribution is 7.98. The number of carbonyl (C=O) groups is 2. The number of carboxylic acid groups (broad SMARTS) is 1. The zero-order valence-electron chi connectivity index (χ0n) is 10.9. The van der Waals surface area contributed by atoms with Crippen molar-refractivity contribution in [2.45, 2.75) is 6.42 Å². The lowest BCUT2D eigenvalue weighted by molar-refractivity contribution is 0.0696. The SMILES string of the molecule is COc1cc(C(=O)O)cc(C(=O)NCCCSC)c1. The van der Waals surface area contributed by atoms with E-state index in [2.05, 4.69) is 5.32 Å². The molecule has 0 aliphatic heterocycles. The maximum Gasteiger partial charge on any atom is 0.335 e. The molecule has 1 rings (SSSR count). The molecule has 0 saturated heterocycles. The number of rotatable bonds is 7. The first kappa shape index (κ1) is 15.4. The molecule has 5 nitrogen and oxygen atoms in total. The van der Waals surface area contributed by atoms with Crippen molar-refractivity contribution in [2.24, 2.45) is 0 Å². The zero-order chi connectivity index (χ0) is 14.3. The lowest BCUT2D eigenvalue weighted by Gasteiger charge is -2.08. The molecule has 1 aromatic rings. The summed E-state index contributed by atoms with van der Waals surface area (Å²) in [5.41, 5.74) is 0.328. The van der Waals surface area contributed by atoms with Gasteiger partial charge < -0.3 is 15.2 Å². The van der Waals surface area contributed by atoms with Gasteiger partial charge in [0.15, 0.2) is 0 Å². The third-order valence-corrected chi connectivity index (χ3v) is 3.16. The Morgan fingerprint density at radius 2 is 2.00 bits per heavy atom. The van der Waals surface area contributed by atoms with Crippen LogP contribution in [0.1, 0.15) is 27.1 Å². The molecule has 0 heterocycles. The molecule has 0 fully saturated rings. The molecule has 0 radical (unpaired) electrons. The van der Waals surface area contributed by atoms with Gasteiger partial charge in [-0.2, -0.15) is 11.8 Å². The topological polar surface area (TPSA) is 75.6 Å². The van der Waals surface area contributed by atoms with Gasteiger partial charge in [0.2, 0.25) is 0 Å². The normalized spacial score (nSPS) is 10.0. The molecule has 0 aliphatic carbocycles. The molecule has 6 heteroatoms. The van der Waals surface area contributed by atoms with E-state index in [4.69, 9.17) is 9.84 Å². The molecular formula is C13H17NO4S. The Labute approximate surface area is 116 Å². The summed E-state index contributed by atoms with van der Waals surface area (Å²) < 4.78 is 4.99. The first-order valence-corrected chi connectivity index (χ1v) is 7.17. The van der Waals surface area contributed by atoms with Crippen LogP contribution in [0.15, 0.2) is 18.2 Å². The Bertz CT molecular complexity index is 462. The molecule has 19 heavy (non-hydrogen) atoms. The van der Waals surface area contributed by atoms with E-state index in [9.17, 15) is 9.59 Å². The number of hydrogen-bond acceptors (Lipinski definition) is 4. The molecule has 0 aliphatic rings. The largest absolute Gasteiger partial charge is 0.497 e. The van der Waals surface area contributed by atoms with Crippen molar-refractivity contribution in [3.05, 3.63) is 29.3 Å². The molecule has 0 bridgehead atoms. The minimum absolute atomic E-state index is 0.0358. The first-order chi connectivity index (χ1) is 9.08. The van der Waals surface area contributed by atoms with E-state index in [1.165, 1.54) is 25.3 Å². The molecule has 1 aromatic carbocycles. The fourth-order valence-corrected chi connectivity index (χ4v) is 1.92. The van der Waals surface area contributed by atoms with Crippen LogP contribution in [0.5, 0.6) is 5.75 Å². The van der Waals surface area contributed by atoms with E-state index in [0.717, 1.165) is 12.2 Å². The number of hydrogen-bond donors (Lipinski definition) is 2. The first-order valence-electron chi connectivity index (χ1n) is 5.78. The second kappa shape index (κ2) is 7.68. The van der Waals surface area contributed by atoms with Crippen LogP contribution in [-0.2, 0) is 0 Å². The van der Waals surface area contributed by atoms with Gasteiger partial charge in [0.25, 0.3) is 5.91 Å². The summed E-state index contributed by atoms with van der Waals surface area (Å²) in [7, 11) is 1.43. The Kier molecular flexibility index (Phi) is 6.21. The quantitative estimate of drug-likeness (QED) is 0.747. The van der Waals surface area contributed by atoms with Gasteiger partial charge in [0, 0.05) is 12.1 Å². The van der Waals surface area contributed by atoms with Gasteiger partial charge in [-0.05, 0) is 36.6 Å². The van der Waals surface area contributed by atoms with Gasteiger partial charge in [-0.3, -0.25) is 4.79 Å². The molecule has 0 unspecified atom stereocenters. The third-order valence-electron chi connectivity index (χ3n) is 2.46. The molecule has 0 atom stereocenters. The zero-order valence-corrected chi connectivity index (χ0v) is 11.8. The van der Waals surface area contributed by atoms with Gasteiger partial charge in [-0.1, -0.05) is 0 Å². The van der Waals surface area contributed by atoms with Crippen LogP contribution in [0, 0.1) is 0 Å². The number of carboxylic acids is 1. The third kappa shape index (κ3) is 4.82. The van der Waals surface area contributed by atoms with Gasteiger partial charge in [-0.15, -0.1) is 0 Å². The summed E-state index contributed by atoms with van der Waals surface area (Å²) in [5.74, 6) is -0.0503. The highest BCUT2D eigenvalue weighted by Crippen LogP contribution is 2.17. The van der Waals surface area contributed by atoms with Crippen LogP contribution in [0.2, 0.25) is 0 Å².